The number of hydrogen-bond acceptors (Lipinski definition) is 4. The van der Waals surface area contributed by atoms with Crippen molar-refractivity contribution in [1.82, 2.24) is 9.80 Å². The summed E-state index contributed by atoms with van der Waals surface area (Å²) >= 11 is 0. The number of carbonyl (C=O) groups excluding carboxylic acids is 3. The summed E-state index contributed by atoms with van der Waals surface area (Å²) in [5.74, 6) is -0.573. The van der Waals surface area contributed by atoms with Crippen molar-refractivity contribution < 1.29 is 19.1 Å². The van der Waals surface area contributed by atoms with E-state index in [4.69, 9.17) is 4.74 Å². The lowest BCUT2D eigenvalue weighted by Crippen LogP contribution is -2.55. The molecule has 2 rings (SSSR count). The molecule has 0 spiro atoms. The van der Waals surface area contributed by atoms with Crippen LogP contribution in [0.1, 0.15) is 37.5 Å². The summed E-state index contributed by atoms with van der Waals surface area (Å²) in [4.78, 5) is 41.0. The highest BCUT2D eigenvalue weighted by atomic mass is 16.6. The molecule has 0 saturated carbocycles. The molecule has 1 aromatic carbocycles. The van der Waals surface area contributed by atoms with Crippen molar-refractivity contribution >= 4 is 23.6 Å². The fraction of sp³-hybridized carbons (Fsp3) is 0.571. The Hall–Kier alpha value is -2.57. The van der Waals surface area contributed by atoms with E-state index < -0.39 is 5.41 Å². The van der Waals surface area contributed by atoms with Crippen molar-refractivity contribution in [2.45, 2.75) is 41.5 Å². The average molecular weight is 389 g/mol. The number of anilines is 1. The van der Waals surface area contributed by atoms with Crippen LogP contribution in [-0.4, -0.2) is 60.5 Å². The largest absolute Gasteiger partial charge is 0.450 e. The highest BCUT2D eigenvalue weighted by Crippen LogP contribution is 2.27. The van der Waals surface area contributed by atoms with E-state index in [2.05, 4.69) is 5.32 Å². The van der Waals surface area contributed by atoms with Crippen molar-refractivity contribution in [2.75, 3.05) is 38.1 Å². The first-order valence-corrected chi connectivity index (χ1v) is 9.68. The monoisotopic (exact) mass is 389 g/mol. The Bertz CT molecular complexity index is 742. The number of nitrogens with zero attached hydrogens (tertiary/aromatic N) is 2. The van der Waals surface area contributed by atoms with E-state index in [1.165, 1.54) is 0 Å². The molecular formula is C21H31N3O4. The summed E-state index contributed by atoms with van der Waals surface area (Å²) in [6.45, 7) is 12.8. The van der Waals surface area contributed by atoms with Crippen LogP contribution in [0.5, 0.6) is 0 Å². The lowest BCUT2D eigenvalue weighted by molar-refractivity contribution is -0.147. The quantitative estimate of drug-likeness (QED) is 0.803. The number of carbonyl (C=O) groups is 3. The second kappa shape index (κ2) is 8.63. The van der Waals surface area contributed by atoms with Crippen LogP contribution in [0.15, 0.2) is 12.1 Å². The van der Waals surface area contributed by atoms with E-state index in [-0.39, 0.29) is 17.9 Å². The van der Waals surface area contributed by atoms with Gasteiger partial charge in [0, 0.05) is 31.9 Å². The third-order valence-corrected chi connectivity index (χ3v) is 5.11. The van der Waals surface area contributed by atoms with Gasteiger partial charge in [0.15, 0.2) is 0 Å². The van der Waals surface area contributed by atoms with Gasteiger partial charge in [-0.3, -0.25) is 9.59 Å². The first-order chi connectivity index (χ1) is 13.1. The second-order valence-corrected chi connectivity index (χ2v) is 7.83. The molecule has 1 saturated heterocycles. The summed E-state index contributed by atoms with van der Waals surface area (Å²) in [6.07, 6.45) is -0.364. The first kappa shape index (κ1) is 21.7. The molecule has 1 aliphatic rings. The molecule has 7 heteroatoms. The topological polar surface area (TPSA) is 79.0 Å². The lowest BCUT2D eigenvalue weighted by Gasteiger charge is -2.37. The molecule has 0 aromatic heterocycles. The van der Waals surface area contributed by atoms with Gasteiger partial charge in [-0.1, -0.05) is 17.7 Å². The van der Waals surface area contributed by atoms with Crippen LogP contribution >= 0.6 is 0 Å². The zero-order chi connectivity index (χ0) is 21.1. The summed E-state index contributed by atoms with van der Waals surface area (Å²) in [7, 11) is 0. The molecule has 1 heterocycles. The Morgan fingerprint density at radius 2 is 1.50 bits per heavy atom. The lowest BCUT2D eigenvalue weighted by atomic mass is 9.89. The van der Waals surface area contributed by atoms with Crippen molar-refractivity contribution in [1.29, 1.82) is 0 Å². The van der Waals surface area contributed by atoms with Crippen molar-refractivity contribution in [3.05, 3.63) is 28.8 Å². The van der Waals surface area contributed by atoms with Gasteiger partial charge in [0.2, 0.25) is 11.8 Å². The van der Waals surface area contributed by atoms with Gasteiger partial charge in [-0.25, -0.2) is 4.79 Å². The SMILES string of the molecule is CCOC(=O)N1CCN(C(=O)C(C)(C)C(=O)Nc2c(C)cc(C)cc2C)CC1. The minimum absolute atomic E-state index is 0.240. The van der Waals surface area contributed by atoms with Crippen LogP contribution in [0.4, 0.5) is 10.5 Å². The molecule has 0 bridgehead atoms. The first-order valence-electron chi connectivity index (χ1n) is 9.68. The van der Waals surface area contributed by atoms with Gasteiger partial charge in [-0.05, 0) is 52.7 Å². The number of nitrogens with one attached hydrogen (secondary N) is 1. The Kier molecular flexibility index (Phi) is 6.69. The third-order valence-electron chi connectivity index (χ3n) is 5.11. The molecule has 1 aromatic rings. The van der Waals surface area contributed by atoms with E-state index in [0.717, 1.165) is 22.4 Å². The van der Waals surface area contributed by atoms with Crippen molar-refractivity contribution in [3.8, 4) is 0 Å². The highest BCUT2D eigenvalue weighted by molar-refractivity contribution is 6.10. The van der Waals surface area contributed by atoms with Gasteiger partial charge in [-0.15, -0.1) is 0 Å². The molecule has 0 radical (unpaired) electrons. The number of piperazine rings is 1. The van der Waals surface area contributed by atoms with Crippen LogP contribution in [0, 0.1) is 26.2 Å². The zero-order valence-electron chi connectivity index (χ0n) is 17.7. The van der Waals surface area contributed by atoms with Gasteiger partial charge in [0.25, 0.3) is 0 Å². The third kappa shape index (κ3) is 4.64. The maximum absolute atomic E-state index is 13.0. The molecule has 1 fully saturated rings. The van der Waals surface area contributed by atoms with E-state index in [1.54, 1.807) is 30.6 Å². The number of ether oxygens (including phenoxy) is 1. The van der Waals surface area contributed by atoms with Gasteiger partial charge in [-0.2, -0.15) is 0 Å². The number of hydrogen-bond donors (Lipinski definition) is 1. The van der Waals surface area contributed by atoms with E-state index >= 15 is 0 Å². The molecule has 1 N–H and O–H groups in total. The van der Waals surface area contributed by atoms with Crippen LogP contribution in [-0.2, 0) is 14.3 Å². The molecule has 28 heavy (non-hydrogen) atoms. The number of benzene rings is 1. The normalized spacial score (nSPS) is 14.6. The highest BCUT2D eigenvalue weighted by Gasteiger charge is 2.40. The predicted octanol–water partition coefficient (Wildman–Crippen LogP) is 2.88. The van der Waals surface area contributed by atoms with Crippen LogP contribution in [0.25, 0.3) is 0 Å². The standard InChI is InChI=1S/C21H31N3O4/c1-7-28-20(27)24-10-8-23(9-11-24)19(26)21(5,6)18(25)22-17-15(3)12-14(2)13-16(17)4/h12-13H,7-11H2,1-6H3,(H,22,25). The predicted molar refractivity (Wildman–Crippen MR) is 108 cm³/mol. The fourth-order valence-corrected chi connectivity index (χ4v) is 3.45. The maximum Gasteiger partial charge on any atom is 0.409 e. The average Bonchev–Trinajstić information content (AvgIpc) is 2.64. The molecule has 0 aliphatic carbocycles. The smallest absolute Gasteiger partial charge is 0.409 e. The van der Waals surface area contributed by atoms with E-state index in [1.807, 2.05) is 32.9 Å². The zero-order valence-corrected chi connectivity index (χ0v) is 17.7. The van der Waals surface area contributed by atoms with Crippen molar-refractivity contribution in [2.24, 2.45) is 5.41 Å². The molecule has 154 valence electrons. The van der Waals surface area contributed by atoms with Crippen LogP contribution in [0.3, 0.4) is 0 Å². The summed E-state index contributed by atoms with van der Waals surface area (Å²) < 4.78 is 5.00. The molecule has 0 unspecified atom stereocenters. The molecular weight excluding hydrogens is 358 g/mol. The summed E-state index contributed by atoms with van der Waals surface area (Å²) in [6, 6.07) is 4.01. The van der Waals surface area contributed by atoms with Gasteiger partial charge in [0.05, 0.1) is 6.61 Å². The Labute approximate surface area is 167 Å². The van der Waals surface area contributed by atoms with Gasteiger partial charge < -0.3 is 19.9 Å². The number of rotatable bonds is 4. The van der Waals surface area contributed by atoms with E-state index in [0.29, 0.717) is 32.8 Å². The molecule has 0 atom stereocenters. The van der Waals surface area contributed by atoms with Crippen LogP contribution in [0.2, 0.25) is 0 Å². The van der Waals surface area contributed by atoms with Crippen LogP contribution < -0.4 is 5.32 Å². The fourth-order valence-electron chi connectivity index (χ4n) is 3.45. The number of aryl methyl sites for hydroxylation is 3. The minimum Gasteiger partial charge on any atom is -0.450 e. The number of amides is 3. The van der Waals surface area contributed by atoms with Gasteiger partial charge in [0.1, 0.15) is 5.41 Å². The van der Waals surface area contributed by atoms with E-state index in [9.17, 15) is 14.4 Å². The van der Waals surface area contributed by atoms with Gasteiger partial charge >= 0.3 is 6.09 Å². The Balaban J connectivity index is 2.05. The second-order valence-electron chi connectivity index (χ2n) is 7.83. The molecule has 7 nitrogen and oxygen atoms in total. The summed E-state index contributed by atoms with van der Waals surface area (Å²) in [5.41, 5.74) is 2.61. The van der Waals surface area contributed by atoms with Crippen molar-refractivity contribution in [3.63, 3.8) is 0 Å². The molecule has 1 aliphatic heterocycles. The summed E-state index contributed by atoms with van der Waals surface area (Å²) in [5, 5.41) is 2.94. The minimum atomic E-state index is -1.21. The maximum atomic E-state index is 13.0. The Morgan fingerprint density at radius 3 is 2.00 bits per heavy atom. The molecule has 3 amide bonds. The Morgan fingerprint density at radius 1 is 1.00 bits per heavy atom.